The van der Waals surface area contributed by atoms with Crippen molar-refractivity contribution in [1.82, 2.24) is 0 Å². The molecular formula is C29H32O16. The maximum atomic E-state index is 13.7. The lowest BCUT2D eigenvalue weighted by atomic mass is 9.99. The van der Waals surface area contributed by atoms with Gasteiger partial charge < -0.3 is 73.0 Å². The number of aliphatic hydroxyl groups excluding tert-OH is 5. The predicted molar refractivity (Wildman–Crippen MR) is 148 cm³/mol. The van der Waals surface area contributed by atoms with Crippen LogP contribution in [0.5, 0.6) is 28.7 Å². The Morgan fingerprint density at radius 2 is 1.71 bits per heavy atom. The Morgan fingerprint density at radius 1 is 0.956 bits per heavy atom. The van der Waals surface area contributed by atoms with E-state index in [4.69, 9.17) is 42.3 Å². The fourth-order valence-electron chi connectivity index (χ4n) is 5.35. The molecule has 3 aliphatic rings. The van der Waals surface area contributed by atoms with Gasteiger partial charge in [-0.05, 0) is 17.7 Å². The van der Waals surface area contributed by atoms with Gasteiger partial charge in [0.15, 0.2) is 29.3 Å². The van der Waals surface area contributed by atoms with E-state index in [1.54, 1.807) is 18.2 Å². The Bertz CT molecular complexity index is 1610. The summed E-state index contributed by atoms with van der Waals surface area (Å²) in [6.07, 6.45) is -9.85. The highest BCUT2D eigenvalue weighted by molar-refractivity contribution is 5.91. The second-order valence-electron chi connectivity index (χ2n) is 10.7. The highest BCUT2D eigenvalue weighted by Gasteiger charge is 2.50. The number of hydrogen-bond donors (Lipinski definition) is 6. The molecule has 2 aromatic carbocycles. The first kappa shape index (κ1) is 31.3. The van der Waals surface area contributed by atoms with Crippen LogP contribution in [0.1, 0.15) is 0 Å². The molecule has 2 saturated heterocycles. The minimum Gasteiger partial charge on any atom is -0.492 e. The van der Waals surface area contributed by atoms with Gasteiger partial charge in [-0.3, -0.25) is 4.79 Å². The van der Waals surface area contributed by atoms with Gasteiger partial charge in [0.1, 0.15) is 53.4 Å². The standard InChI is InChI=1S/C29H32O16/c1-37-24-17(44-27-23(34)22(33)21(32)18(45-27)8-40-28-26(35)29(36,9-30)10-41-28)6-16-19(25(24)38-2)20(31)13(7-39-16)12-3-4-14-15(5-12)43-11-42-14/h3-7,18,21-23,26-28,30,32-36H,8-11H2,1-2H3/t18-,21+,22+,23+,26-,27-,28+,29-/m0/s1. The molecule has 0 aliphatic carbocycles. The second kappa shape index (κ2) is 12.2. The Kier molecular flexibility index (Phi) is 8.51. The summed E-state index contributed by atoms with van der Waals surface area (Å²) in [5.74, 6) is 0.810. The van der Waals surface area contributed by atoms with Gasteiger partial charge in [-0.15, -0.1) is 0 Å². The number of hydrogen-bond acceptors (Lipinski definition) is 16. The number of methoxy groups -OCH3 is 2. The number of aliphatic hydroxyl groups is 6. The van der Waals surface area contributed by atoms with Gasteiger partial charge >= 0.3 is 0 Å². The van der Waals surface area contributed by atoms with Gasteiger partial charge in [-0.1, -0.05) is 6.07 Å². The van der Waals surface area contributed by atoms with Crippen LogP contribution in [0.25, 0.3) is 22.1 Å². The first-order chi connectivity index (χ1) is 21.6. The van der Waals surface area contributed by atoms with Crippen molar-refractivity contribution in [2.24, 2.45) is 0 Å². The van der Waals surface area contributed by atoms with Crippen LogP contribution < -0.4 is 29.1 Å². The van der Waals surface area contributed by atoms with Crippen LogP contribution in [0, 0.1) is 0 Å². The molecule has 45 heavy (non-hydrogen) atoms. The molecule has 6 rings (SSSR count). The maximum Gasteiger partial charge on any atom is 0.231 e. The van der Waals surface area contributed by atoms with Gasteiger partial charge in [0.05, 0.1) is 39.6 Å². The Balaban J connectivity index is 1.28. The summed E-state index contributed by atoms with van der Waals surface area (Å²) in [5, 5.41) is 61.5. The van der Waals surface area contributed by atoms with Crippen LogP contribution >= 0.6 is 0 Å². The van der Waals surface area contributed by atoms with Crippen molar-refractivity contribution in [3.63, 3.8) is 0 Å². The topological polar surface area (TPSA) is 225 Å². The van der Waals surface area contributed by atoms with E-state index in [2.05, 4.69) is 0 Å². The van der Waals surface area contributed by atoms with Crippen LogP contribution in [0.4, 0.5) is 0 Å². The third-order valence-corrected chi connectivity index (χ3v) is 7.95. The smallest absolute Gasteiger partial charge is 0.231 e. The van der Waals surface area contributed by atoms with Gasteiger partial charge in [0.2, 0.25) is 24.3 Å². The molecule has 0 saturated carbocycles. The molecule has 8 atom stereocenters. The summed E-state index contributed by atoms with van der Waals surface area (Å²) in [7, 11) is 2.61. The molecule has 1 aromatic heterocycles. The van der Waals surface area contributed by atoms with Crippen molar-refractivity contribution in [3.8, 4) is 39.9 Å². The molecule has 0 amide bonds. The molecule has 16 heteroatoms. The van der Waals surface area contributed by atoms with Crippen LogP contribution in [0.15, 0.2) is 39.7 Å². The molecule has 0 radical (unpaired) electrons. The first-order valence-electron chi connectivity index (χ1n) is 13.8. The summed E-state index contributed by atoms with van der Waals surface area (Å²) in [6, 6.07) is 6.32. The SMILES string of the molecule is COc1c(O[C@H]2O[C@@H](CO[C@@H]3OC[C@@](O)(CO)[C@H]3O)[C@@H](O)[C@@H](O)[C@H]2O)cc2occ(-c3ccc4c(c3)OCO4)c(=O)c2c1OC. The average Bonchev–Trinajstić information content (AvgIpc) is 3.63. The number of fused-ring (bicyclic) bond motifs is 2. The van der Waals surface area contributed by atoms with Gasteiger partial charge in [0, 0.05) is 6.07 Å². The molecule has 3 aliphatic heterocycles. The Hall–Kier alpha value is -3.71. The van der Waals surface area contributed by atoms with Gasteiger partial charge in [-0.2, -0.15) is 0 Å². The maximum absolute atomic E-state index is 13.7. The van der Waals surface area contributed by atoms with Gasteiger partial charge in [-0.25, -0.2) is 0 Å². The lowest BCUT2D eigenvalue weighted by Gasteiger charge is -2.40. The summed E-state index contributed by atoms with van der Waals surface area (Å²) >= 11 is 0. The molecule has 244 valence electrons. The summed E-state index contributed by atoms with van der Waals surface area (Å²) in [4.78, 5) is 13.7. The molecule has 4 heterocycles. The van der Waals surface area contributed by atoms with Crippen molar-refractivity contribution in [2.75, 3.05) is 40.8 Å². The molecular weight excluding hydrogens is 604 g/mol. The van der Waals surface area contributed by atoms with Gasteiger partial charge in [0.25, 0.3) is 0 Å². The molecule has 6 N–H and O–H groups in total. The molecule has 0 unspecified atom stereocenters. The van der Waals surface area contributed by atoms with E-state index in [9.17, 15) is 35.4 Å². The molecule has 16 nitrogen and oxygen atoms in total. The number of ether oxygens (including phenoxy) is 8. The number of rotatable bonds is 9. The monoisotopic (exact) mass is 636 g/mol. The summed E-state index contributed by atoms with van der Waals surface area (Å²) < 4.78 is 49.9. The van der Waals surface area contributed by atoms with E-state index >= 15 is 0 Å². The van der Waals surface area contributed by atoms with Crippen molar-refractivity contribution >= 4 is 11.0 Å². The highest BCUT2D eigenvalue weighted by atomic mass is 16.7. The van der Waals surface area contributed by atoms with Crippen molar-refractivity contribution in [3.05, 3.63) is 40.8 Å². The minimum atomic E-state index is -1.94. The minimum absolute atomic E-state index is 0.0293. The molecule has 2 fully saturated rings. The molecule has 0 spiro atoms. The second-order valence-corrected chi connectivity index (χ2v) is 10.7. The fraction of sp³-hybridized carbons (Fsp3) is 0.483. The van der Waals surface area contributed by atoms with Crippen molar-refractivity contribution in [2.45, 2.75) is 48.7 Å². The van der Waals surface area contributed by atoms with Crippen LogP contribution in [-0.2, 0) is 14.2 Å². The van der Waals surface area contributed by atoms with Crippen LogP contribution in [-0.4, -0.2) is 120 Å². The van der Waals surface area contributed by atoms with E-state index in [1.807, 2.05) is 0 Å². The lowest BCUT2D eigenvalue weighted by Crippen LogP contribution is -2.60. The van der Waals surface area contributed by atoms with E-state index in [-0.39, 0.29) is 40.6 Å². The summed E-state index contributed by atoms with van der Waals surface area (Å²) in [5.41, 5.74) is -1.65. The molecule has 0 bridgehead atoms. The molecule has 3 aromatic rings. The van der Waals surface area contributed by atoms with Crippen molar-refractivity contribution < 1.29 is 73.0 Å². The van der Waals surface area contributed by atoms with Crippen LogP contribution in [0.2, 0.25) is 0 Å². The van der Waals surface area contributed by atoms with E-state index in [0.29, 0.717) is 17.1 Å². The fourth-order valence-corrected chi connectivity index (χ4v) is 5.35. The lowest BCUT2D eigenvalue weighted by molar-refractivity contribution is -0.289. The predicted octanol–water partition coefficient (Wildman–Crippen LogP) is -1.15. The average molecular weight is 637 g/mol. The zero-order valence-corrected chi connectivity index (χ0v) is 24.0. The normalized spacial score (nSPS) is 30.9. The summed E-state index contributed by atoms with van der Waals surface area (Å²) in [6.45, 7) is -1.61. The Morgan fingerprint density at radius 3 is 2.42 bits per heavy atom. The highest BCUT2D eigenvalue weighted by Crippen LogP contribution is 2.44. The third-order valence-electron chi connectivity index (χ3n) is 7.95. The van der Waals surface area contributed by atoms with E-state index in [1.165, 1.54) is 26.5 Å². The van der Waals surface area contributed by atoms with Crippen LogP contribution in [0.3, 0.4) is 0 Å². The van der Waals surface area contributed by atoms with E-state index < -0.39 is 74.0 Å². The zero-order chi connectivity index (χ0) is 32.0. The first-order valence-corrected chi connectivity index (χ1v) is 13.8. The Labute approximate surface area is 254 Å². The van der Waals surface area contributed by atoms with E-state index in [0.717, 1.165) is 0 Å². The largest absolute Gasteiger partial charge is 0.492 e. The van der Waals surface area contributed by atoms with Crippen molar-refractivity contribution in [1.29, 1.82) is 0 Å². The third kappa shape index (κ3) is 5.43. The number of benzene rings is 2. The quantitative estimate of drug-likeness (QED) is 0.163. The zero-order valence-electron chi connectivity index (χ0n) is 24.0.